The van der Waals surface area contributed by atoms with E-state index < -0.39 is 6.03 Å². The van der Waals surface area contributed by atoms with E-state index in [1.54, 1.807) is 31.3 Å². The predicted molar refractivity (Wildman–Crippen MR) is 94.8 cm³/mol. The van der Waals surface area contributed by atoms with Gasteiger partial charge in [-0.05, 0) is 31.2 Å². The van der Waals surface area contributed by atoms with E-state index in [1.165, 1.54) is 4.90 Å². The number of hydrazine groups is 1. The number of benzene rings is 2. The maximum Gasteiger partial charge on any atom is 0.336 e. The van der Waals surface area contributed by atoms with Crippen molar-refractivity contribution in [1.29, 1.82) is 0 Å². The van der Waals surface area contributed by atoms with Crippen LogP contribution in [0.1, 0.15) is 29.1 Å². The second-order valence-corrected chi connectivity index (χ2v) is 5.72. The number of amides is 3. The van der Waals surface area contributed by atoms with Crippen LogP contribution in [0.25, 0.3) is 11.0 Å². The Bertz CT molecular complexity index is 856. The normalized spacial score (nSPS) is 11.8. The lowest BCUT2D eigenvalue weighted by Gasteiger charge is -2.23. The van der Waals surface area contributed by atoms with Crippen LogP contribution in [-0.2, 0) is 0 Å². The molecule has 3 aromatic rings. The van der Waals surface area contributed by atoms with Gasteiger partial charge in [0.1, 0.15) is 11.3 Å². The summed E-state index contributed by atoms with van der Waals surface area (Å²) in [5.41, 5.74) is 6.05. The molecule has 2 N–H and O–H groups in total. The summed E-state index contributed by atoms with van der Waals surface area (Å²) in [4.78, 5) is 25.7. The summed E-state index contributed by atoms with van der Waals surface area (Å²) in [7, 11) is 1.64. The van der Waals surface area contributed by atoms with E-state index in [1.807, 2.05) is 43.3 Å². The Balaban J connectivity index is 1.62. The van der Waals surface area contributed by atoms with Crippen molar-refractivity contribution in [2.24, 2.45) is 0 Å². The molecule has 128 valence electrons. The van der Waals surface area contributed by atoms with Crippen molar-refractivity contribution in [3.63, 3.8) is 0 Å². The number of nitrogens with zero attached hydrogens (tertiary/aromatic N) is 1. The average Bonchev–Trinajstić information content (AvgIpc) is 3.09. The van der Waals surface area contributed by atoms with Crippen molar-refractivity contribution < 1.29 is 14.0 Å². The van der Waals surface area contributed by atoms with E-state index in [0.717, 1.165) is 11.0 Å². The summed E-state index contributed by atoms with van der Waals surface area (Å²) in [6, 6.07) is 17.5. The number of carbonyl (C=O) groups excluding carboxylic acids is 2. The smallest absolute Gasteiger partial charge is 0.336 e. The van der Waals surface area contributed by atoms with Gasteiger partial charge in [-0.2, -0.15) is 0 Å². The van der Waals surface area contributed by atoms with Crippen molar-refractivity contribution in [3.05, 3.63) is 72.0 Å². The Morgan fingerprint density at radius 3 is 2.40 bits per heavy atom. The highest BCUT2D eigenvalue weighted by Gasteiger charge is 2.21. The molecule has 0 aliphatic heterocycles. The number of urea groups is 1. The number of carbonyl (C=O) groups is 2. The topological polar surface area (TPSA) is 74.6 Å². The van der Waals surface area contributed by atoms with Crippen molar-refractivity contribution in [1.82, 2.24) is 15.8 Å². The first kappa shape index (κ1) is 16.6. The summed E-state index contributed by atoms with van der Waals surface area (Å²) >= 11 is 0. The maximum absolute atomic E-state index is 12.3. The van der Waals surface area contributed by atoms with Crippen molar-refractivity contribution in [3.8, 4) is 0 Å². The molecular formula is C19H19N3O3. The Hall–Kier alpha value is -3.28. The van der Waals surface area contributed by atoms with E-state index in [0.29, 0.717) is 11.3 Å². The zero-order valence-electron chi connectivity index (χ0n) is 14.0. The quantitative estimate of drug-likeness (QED) is 0.719. The first-order valence-corrected chi connectivity index (χ1v) is 7.93. The van der Waals surface area contributed by atoms with Gasteiger partial charge in [0.25, 0.3) is 5.91 Å². The minimum Gasteiger partial charge on any atom is -0.459 e. The highest BCUT2D eigenvalue weighted by Crippen LogP contribution is 2.26. The molecule has 0 bridgehead atoms. The summed E-state index contributed by atoms with van der Waals surface area (Å²) in [6.45, 7) is 1.86. The third kappa shape index (κ3) is 3.63. The van der Waals surface area contributed by atoms with Crippen LogP contribution in [0.15, 0.2) is 65.1 Å². The lowest BCUT2D eigenvalue weighted by Crippen LogP contribution is -2.48. The molecule has 0 aliphatic rings. The van der Waals surface area contributed by atoms with Gasteiger partial charge in [-0.1, -0.05) is 36.4 Å². The van der Waals surface area contributed by atoms with E-state index in [2.05, 4.69) is 10.9 Å². The van der Waals surface area contributed by atoms with Crippen molar-refractivity contribution >= 4 is 22.9 Å². The number of rotatable bonds is 3. The van der Waals surface area contributed by atoms with Crippen LogP contribution in [0.5, 0.6) is 0 Å². The molecule has 0 saturated heterocycles. The molecule has 0 radical (unpaired) electrons. The molecule has 2 aromatic carbocycles. The second-order valence-electron chi connectivity index (χ2n) is 5.72. The van der Waals surface area contributed by atoms with E-state index in [4.69, 9.17) is 4.42 Å². The predicted octanol–water partition coefficient (Wildman–Crippen LogP) is 3.48. The molecule has 0 aliphatic carbocycles. The lowest BCUT2D eigenvalue weighted by atomic mass is 10.2. The highest BCUT2D eigenvalue weighted by atomic mass is 16.3. The Morgan fingerprint density at radius 1 is 1.00 bits per heavy atom. The molecule has 3 amide bonds. The summed E-state index contributed by atoms with van der Waals surface area (Å²) < 4.78 is 5.79. The third-order valence-electron chi connectivity index (χ3n) is 4.08. The fourth-order valence-corrected chi connectivity index (χ4v) is 2.44. The number of hydrogen-bond acceptors (Lipinski definition) is 3. The van der Waals surface area contributed by atoms with Crippen LogP contribution >= 0.6 is 0 Å². The van der Waals surface area contributed by atoms with E-state index >= 15 is 0 Å². The van der Waals surface area contributed by atoms with Crippen LogP contribution in [0, 0.1) is 0 Å². The van der Waals surface area contributed by atoms with Crippen LogP contribution in [0.3, 0.4) is 0 Å². The maximum atomic E-state index is 12.3. The minimum atomic E-state index is -0.433. The van der Waals surface area contributed by atoms with Crippen molar-refractivity contribution in [2.45, 2.75) is 13.0 Å². The average molecular weight is 337 g/mol. The number of para-hydroxylation sites is 1. The minimum absolute atomic E-state index is 0.291. The van der Waals surface area contributed by atoms with Crippen LogP contribution in [0.4, 0.5) is 4.79 Å². The molecule has 1 unspecified atom stereocenters. The van der Waals surface area contributed by atoms with Gasteiger partial charge in [-0.3, -0.25) is 10.2 Å². The fraction of sp³-hybridized carbons (Fsp3) is 0.158. The second kappa shape index (κ2) is 7.09. The van der Waals surface area contributed by atoms with E-state index in [-0.39, 0.29) is 11.9 Å². The Labute approximate surface area is 145 Å². The van der Waals surface area contributed by atoms with Gasteiger partial charge < -0.3 is 9.32 Å². The van der Waals surface area contributed by atoms with Crippen LogP contribution in [-0.4, -0.2) is 23.9 Å². The van der Waals surface area contributed by atoms with E-state index in [9.17, 15) is 9.59 Å². The van der Waals surface area contributed by atoms with Crippen molar-refractivity contribution in [2.75, 3.05) is 7.05 Å². The fourth-order valence-electron chi connectivity index (χ4n) is 2.44. The van der Waals surface area contributed by atoms with Gasteiger partial charge >= 0.3 is 6.03 Å². The standard InChI is InChI=1S/C19H19N3O3/c1-13(17-12-15-10-6-7-11-16(15)25-17)22(2)19(24)21-20-18(23)14-8-4-3-5-9-14/h3-13H,1-2H3,(H,20,23)(H,21,24). The Morgan fingerprint density at radius 2 is 1.68 bits per heavy atom. The molecular weight excluding hydrogens is 318 g/mol. The van der Waals surface area contributed by atoms with Gasteiger partial charge in [0.2, 0.25) is 0 Å². The van der Waals surface area contributed by atoms with Crippen LogP contribution < -0.4 is 10.9 Å². The largest absolute Gasteiger partial charge is 0.459 e. The third-order valence-corrected chi connectivity index (χ3v) is 4.08. The molecule has 6 nitrogen and oxygen atoms in total. The van der Waals surface area contributed by atoms with Gasteiger partial charge in [0.05, 0.1) is 6.04 Å². The molecule has 0 saturated carbocycles. The summed E-state index contributed by atoms with van der Waals surface area (Å²) in [5, 5.41) is 0.982. The molecule has 0 fully saturated rings. The van der Waals surface area contributed by atoms with Gasteiger partial charge in [0.15, 0.2) is 0 Å². The zero-order valence-corrected chi connectivity index (χ0v) is 14.0. The molecule has 6 heteroatoms. The molecule has 0 spiro atoms. The lowest BCUT2D eigenvalue weighted by molar-refractivity contribution is 0.0928. The molecule has 1 atom stereocenters. The Kier molecular flexibility index (Phi) is 4.70. The number of nitrogens with one attached hydrogen (secondary N) is 2. The number of furan rings is 1. The molecule has 25 heavy (non-hydrogen) atoms. The molecule has 1 heterocycles. The first-order valence-electron chi connectivity index (χ1n) is 7.93. The number of fused-ring (bicyclic) bond motifs is 1. The monoisotopic (exact) mass is 337 g/mol. The van der Waals surface area contributed by atoms with Gasteiger partial charge in [-0.15, -0.1) is 0 Å². The SMILES string of the molecule is CC(c1cc2ccccc2o1)N(C)C(=O)NNC(=O)c1ccccc1. The van der Waals surface area contributed by atoms with Crippen LogP contribution in [0.2, 0.25) is 0 Å². The zero-order chi connectivity index (χ0) is 17.8. The van der Waals surface area contributed by atoms with Gasteiger partial charge in [-0.25, -0.2) is 10.2 Å². The summed E-state index contributed by atoms with van der Waals surface area (Å²) in [5.74, 6) is 0.298. The number of hydrogen-bond donors (Lipinski definition) is 2. The van der Waals surface area contributed by atoms with Gasteiger partial charge in [0, 0.05) is 18.0 Å². The molecule has 3 rings (SSSR count). The highest BCUT2D eigenvalue weighted by molar-refractivity contribution is 5.95. The first-order chi connectivity index (χ1) is 12.1. The molecule has 1 aromatic heterocycles. The summed E-state index contributed by atoms with van der Waals surface area (Å²) in [6.07, 6.45) is 0.